The van der Waals surface area contributed by atoms with Crippen LogP contribution in [0, 0.1) is 5.82 Å². The first kappa shape index (κ1) is 20.4. The lowest BCUT2D eigenvalue weighted by atomic mass is 10.1. The molecule has 0 atom stereocenters. The van der Waals surface area contributed by atoms with Crippen molar-refractivity contribution >= 4 is 11.8 Å². The molecule has 2 rings (SSSR count). The summed E-state index contributed by atoms with van der Waals surface area (Å²) >= 11 is 0. The quantitative estimate of drug-likeness (QED) is 0.630. The van der Waals surface area contributed by atoms with Crippen LogP contribution in [0.25, 0.3) is 0 Å². The van der Waals surface area contributed by atoms with E-state index in [-0.39, 0.29) is 17.6 Å². The average molecular weight is 372 g/mol. The second kappa shape index (κ2) is 11.0. The summed E-state index contributed by atoms with van der Waals surface area (Å²) in [5.41, 5.74) is 1.46. The number of benzene rings is 2. The van der Waals surface area contributed by atoms with Gasteiger partial charge in [0.1, 0.15) is 11.6 Å². The number of hydrogen-bond acceptors (Lipinski definition) is 3. The van der Waals surface area contributed by atoms with Crippen molar-refractivity contribution in [1.82, 2.24) is 10.6 Å². The average Bonchev–Trinajstić information content (AvgIpc) is 2.67. The van der Waals surface area contributed by atoms with Crippen LogP contribution in [0.1, 0.15) is 35.7 Å². The molecule has 0 unspecified atom stereocenters. The minimum atomic E-state index is -0.270. The molecule has 5 nitrogen and oxygen atoms in total. The monoisotopic (exact) mass is 372 g/mol. The molecule has 0 heterocycles. The maximum Gasteiger partial charge on any atom is 0.255 e. The van der Waals surface area contributed by atoms with Crippen molar-refractivity contribution in [3.05, 3.63) is 65.5 Å². The van der Waals surface area contributed by atoms with E-state index in [9.17, 15) is 14.0 Å². The van der Waals surface area contributed by atoms with Crippen molar-refractivity contribution in [3.63, 3.8) is 0 Å². The largest absolute Gasteiger partial charge is 0.493 e. The summed E-state index contributed by atoms with van der Waals surface area (Å²) in [5, 5.41) is 5.63. The molecular formula is C21H25FN2O3. The van der Waals surface area contributed by atoms with Gasteiger partial charge in [0.2, 0.25) is 5.91 Å². The first-order valence-electron chi connectivity index (χ1n) is 9.11. The molecule has 2 aromatic rings. The predicted octanol–water partition coefficient (Wildman–Crippen LogP) is 3.09. The standard InChI is InChI=1S/C21H25FN2O3/c1-2-27-19-7-4-3-6-18(19)21(26)24-14-5-8-20(25)23-15-13-16-9-11-17(22)12-10-16/h3-4,6-7,9-12H,2,5,8,13-15H2,1H3,(H,23,25)(H,24,26). The molecule has 0 fully saturated rings. The lowest BCUT2D eigenvalue weighted by Crippen LogP contribution is -2.28. The molecule has 144 valence electrons. The van der Waals surface area contributed by atoms with E-state index >= 15 is 0 Å². The third-order valence-electron chi connectivity index (χ3n) is 3.95. The molecule has 0 aliphatic carbocycles. The Morgan fingerprint density at radius 1 is 1.00 bits per heavy atom. The predicted molar refractivity (Wildman–Crippen MR) is 102 cm³/mol. The first-order valence-corrected chi connectivity index (χ1v) is 9.11. The molecular weight excluding hydrogens is 347 g/mol. The maximum absolute atomic E-state index is 12.8. The second-order valence-electron chi connectivity index (χ2n) is 6.02. The third kappa shape index (κ3) is 7.09. The number of ether oxygens (including phenoxy) is 1. The summed E-state index contributed by atoms with van der Waals surface area (Å²) in [4.78, 5) is 24.1. The van der Waals surface area contributed by atoms with Gasteiger partial charge in [0.15, 0.2) is 0 Å². The second-order valence-corrected chi connectivity index (χ2v) is 6.02. The fourth-order valence-electron chi connectivity index (χ4n) is 2.57. The fraction of sp³-hybridized carbons (Fsp3) is 0.333. The van der Waals surface area contributed by atoms with Crippen LogP contribution >= 0.6 is 0 Å². The van der Waals surface area contributed by atoms with Gasteiger partial charge in [0.25, 0.3) is 5.91 Å². The SMILES string of the molecule is CCOc1ccccc1C(=O)NCCCC(=O)NCCc1ccc(F)cc1. The van der Waals surface area contributed by atoms with Gasteiger partial charge in [-0.05, 0) is 49.6 Å². The van der Waals surface area contributed by atoms with Crippen LogP contribution in [0.3, 0.4) is 0 Å². The minimum Gasteiger partial charge on any atom is -0.493 e. The smallest absolute Gasteiger partial charge is 0.255 e. The Balaban J connectivity index is 1.63. The lowest BCUT2D eigenvalue weighted by molar-refractivity contribution is -0.121. The van der Waals surface area contributed by atoms with Gasteiger partial charge in [-0.2, -0.15) is 0 Å². The number of halogens is 1. The van der Waals surface area contributed by atoms with Gasteiger partial charge in [0, 0.05) is 19.5 Å². The molecule has 0 spiro atoms. The van der Waals surface area contributed by atoms with Gasteiger partial charge in [-0.3, -0.25) is 9.59 Å². The van der Waals surface area contributed by atoms with E-state index in [0.717, 1.165) is 5.56 Å². The Hall–Kier alpha value is -2.89. The summed E-state index contributed by atoms with van der Waals surface area (Å²) in [7, 11) is 0. The molecule has 0 aromatic heterocycles. The zero-order chi connectivity index (χ0) is 19.5. The molecule has 0 saturated heterocycles. The summed E-state index contributed by atoms with van der Waals surface area (Å²) in [5.74, 6) is 0.00148. The number of carbonyl (C=O) groups excluding carboxylic acids is 2. The number of rotatable bonds is 10. The Bertz CT molecular complexity index is 747. The molecule has 0 aliphatic rings. The minimum absolute atomic E-state index is 0.0684. The topological polar surface area (TPSA) is 67.4 Å². The Labute approximate surface area is 158 Å². The molecule has 0 radical (unpaired) electrons. The highest BCUT2D eigenvalue weighted by Crippen LogP contribution is 2.17. The fourth-order valence-corrected chi connectivity index (χ4v) is 2.57. The van der Waals surface area contributed by atoms with Crippen LogP contribution in [0.5, 0.6) is 5.75 Å². The Morgan fingerprint density at radius 3 is 2.48 bits per heavy atom. The van der Waals surface area contributed by atoms with Crippen molar-refractivity contribution in [2.45, 2.75) is 26.2 Å². The maximum atomic E-state index is 12.8. The number of hydrogen-bond donors (Lipinski definition) is 2. The molecule has 27 heavy (non-hydrogen) atoms. The summed E-state index contributed by atoms with van der Waals surface area (Å²) in [6.45, 7) is 3.26. The zero-order valence-corrected chi connectivity index (χ0v) is 15.5. The first-order chi connectivity index (χ1) is 13.1. The van der Waals surface area contributed by atoms with E-state index in [4.69, 9.17) is 4.74 Å². The van der Waals surface area contributed by atoms with E-state index in [2.05, 4.69) is 10.6 Å². The normalized spacial score (nSPS) is 10.3. The van der Waals surface area contributed by atoms with Gasteiger partial charge in [-0.15, -0.1) is 0 Å². The van der Waals surface area contributed by atoms with E-state index < -0.39 is 0 Å². The molecule has 2 aromatic carbocycles. The number of amides is 2. The van der Waals surface area contributed by atoms with Gasteiger partial charge >= 0.3 is 0 Å². The van der Waals surface area contributed by atoms with E-state index in [1.165, 1.54) is 12.1 Å². The zero-order valence-electron chi connectivity index (χ0n) is 15.5. The highest BCUT2D eigenvalue weighted by atomic mass is 19.1. The summed E-state index contributed by atoms with van der Waals surface area (Å²) in [6, 6.07) is 13.3. The van der Waals surface area contributed by atoms with E-state index in [1.54, 1.807) is 30.3 Å². The number of nitrogens with one attached hydrogen (secondary N) is 2. The van der Waals surface area contributed by atoms with Crippen LogP contribution in [-0.2, 0) is 11.2 Å². The van der Waals surface area contributed by atoms with Crippen LogP contribution in [0.4, 0.5) is 4.39 Å². The highest BCUT2D eigenvalue weighted by molar-refractivity contribution is 5.96. The van der Waals surface area contributed by atoms with Crippen molar-refractivity contribution < 1.29 is 18.7 Å². The van der Waals surface area contributed by atoms with Crippen molar-refractivity contribution in [3.8, 4) is 5.75 Å². The Morgan fingerprint density at radius 2 is 1.74 bits per heavy atom. The molecule has 0 saturated carbocycles. The summed E-state index contributed by atoms with van der Waals surface area (Å²) < 4.78 is 18.3. The van der Waals surface area contributed by atoms with Crippen LogP contribution in [0.15, 0.2) is 48.5 Å². The molecule has 0 bridgehead atoms. The number of carbonyl (C=O) groups is 2. The van der Waals surface area contributed by atoms with Gasteiger partial charge in [0.05, 0.1) is 12.2 Å². The van der Waals surface area contributed by atoms with Crippen LogP contribution < -0.4 is 15.4 Å². The van der Waals surface area contributed by atoms with Gasteiger partial charge in [-0.25, -0.2) is 4.39 Å². The highest BCUT2D eigenvalue weighted by Gasteiger charge is 2.11. The van der Waals surface area contributed by atoms with Crippen molar-refractivity contribution in [1.29, 1.82) is 0 Å². The molecule has 2 amide bonds. The van der Waals surface area contributed by atoms with Gasteiger partial charge in [-0.1, -0.05) is 24.3 Å². The lowest BCUT2D eigenvalue weighted by Gasteiger charge is -2.10. The van der Waals surface area contributed by atoms with E-state index in [0.29, 0.717) is 50.3 Å². The third-order valence-corrected chi connectivity index (χ3v) is 3.95. The molecule has 2 N–H and O–H groups in total. The number of para-hydroxylation sites is 1. The summed E-state index contributed by atoms with van der Waals surface area (Å²) in [6.07, 6.45) is 1.53. The molecule has 0 aliphatic heterocycles. The molecule has 6 heteroatoms. The van der Waals surface area contributed by atoms with E-state index in [1.807, 2.05) is 13.0 Å². The van der Waals surface area contributed by atoms with Crippen LogP contribution in [-0.4, -0.2) is 31.5 Å². The van der Waals surface area contributed by atoms with Crippen molar-refractivity contribution in [2.24, 2.45) is 0 Å². The van der Waals surface area contributed by atoms with Gasteiger partial charge < -0.3 is 15.4 Å². The van der Waals surface area contributed by atoms with Crippen LogP contribution in [0.2, 0.25) is 0 Å². The Kier molecular flexibility index (Phi) is 8.29. The van der Waals surface area contributed by atoms with Crippen molar-refractivity contribution in [2.75, 3.05) is 19.7 Å².